The molecule has 0 aliphatic carbocycles. The lowest BCUT2D eigenvalue weighted by Gasteiger charge is -2.24. The van der Waals surface area contributed by atoms with Crippen molar-refractivity contribution in [3.05, 3.63) is 49.1 Å². The van der Waals surface area contributed by atoms with E-state index in [2.05, 4.69) is 27.2 Å². The van der Waals surface area contributed by atoms with E-state index in [9.17, 15) is 4.21 Å². The fourth-order valence-electron chi connectivity index (χ4n) is 3.99. The number of ether oxygens (including phenoxy) is 1. The molecule has 3 aromatic heterocycles. The molecule has 4 aromatic rings. The van der Waals surface area contributed by atoms with Crippen LogP contribution in [0.5, 0.6) is 0 Å². The Morgan fingerprint density at radius 3 is 3.00 bits per heavy atom. The minimum atomic E-state index is -1.03. The highest BCUT2D eigenvalue weighted by Crippen LogP contribution is 2.29. The van der Waals surface area contributed by atoms with Gasteiger partial charge in [-0.15, -0.1) is 10.2 Å². The molecule has 1 saturated heterocycles. The van der Waals surface area contributed by atoms with Crippen molar-refractivity contribution in [3.8, 4) is 17.1 Å². The van der Waals surface area contributed by atoms with E-state index in [1.54, 1.807) is 23.4 Å². The molecule has 2 atom stereocenters. The first-order chi connectivity index (χ1) is 15.7. The second-order valence-corrected chi connectivity index (χ2v) is 9.55. The Morgan fingerprint density at radius 1 is 1.22 bits per heavy atom. The number of hydrogen-bond donors (Lipinski definition) is 0. The van der Waals surface area contributed by atoms with Crippen molar-refractivity contribution in [1.29, 1.82) is 0 Å². The van der Waals surface area contributed by atoms with Gasteiger partial charge >= 0.3 is 0 Å². The second kappa shape index (κ2) is 9.30. The zero-order chi connectivity index (χ0) is 21.9. The summed E-state index contributed by atoms with van der Waals surface area (Å²) in [5, 5.41) is 13.9. The van der Waals surface area contributed by atoms with Gasteiger partial charge in [-0.25, -0.2) is 9.67 Å². The van der Waals surface area contributed by atoms with E-state index in [1.165, 1.54) is 0 Å². The first-order valence-corrected chi connectivity index (χ1v) is 12.4. The molecule has 1 aliphatic rings. The summed E-state index contributed by atoms with van der Waals surface area (Å²) < 4.78 is 22.2. The Hall–Kier alpha value is -2.91. The molecule has 4 heterocycles. The van der Waals surface area contributed by atoms with Crippen LogP contribution in [0.2, 0.25) is 0 Å². The van der Waals surface area contributed by atoms with Gasteiger partial charge in [-0.1, -0.05) is 25.5 Å². The lowest BCUT2D eigenvalue weighted by atomic mass is 10.1. The summed E-state index contributed by atoms with van der Waals surface area (Å²) >= 11 is 0. The van der Waals surface area contributed by atoms with Gasteiger partial charge in [0.05, 0.1) is 27.6 Å². The molecule has 1 aliphatic heterocycles. The van der Waals surface area contributed by atoms with Gasteiger partial charge in [-0.2, -0.15) is 5.10 Å². The lowest BCUT2D eigenvalue weighted by Crippen LogP contribution is -2.18. The highest BCUT2D eigenvalue weighted by atomic mass is 32.2. The summed E-state index contributed by atoms with van der Waals surface area (Å²) in [4.78, 5) is 5.33. The summed E-state index contributed by atoms with van der Waals surface area (Å²) in [6, 6.07) is 9.94. The van der Waals surface area contributed by atoms with E-state index in [-0.39, 0.29) is 6.23 Å². The van der Waals surface area contributed by atoms with E-state index in [0.29, 0.717) is 5.75 Å². The molecule has 9 heteroatoms. The van der Waals surface area contributed by atoms with Gasteiger partial charge in [-0.05, 0) is 43.9 Å². The zero-order valence-corrected chi connectivity index (χ0v) is 18.9. The Balaban J connectivity index is 1.46. The van der Waals surface area contributed by atoms with Crippen LogP contribution in [0.3, 0.4) is 0 Å². The van der Waals surface area contributed by atoms with Gasteiger partial charge in [-0.3, -0.25) is 8.78 Å². The van der Waals surface area contributed by atoms with Crippen molar-refractivity contribution in [3.63, 3.8) is 0 Å². The molecule has 8 nitrogen and oxygen atoms in total. The molecule has 32 heavy (non-hydrogen) atoms. The standard InChI is InChI=1S/C23H26N6O2S/c1-2-3-11-32(30)20-13-18-14-26-29(22(18)24-15-20)19-8-6-7-17(12-19)23-27-25-16-28(23)21-9-4-5-10-31-21/h6-8,12-16,21H,2-5,9-11H2,1H3. The summed E-state index contributed by atoms with van der Waals surface area (Å²) in [6.45, 7) is 2.86. The van der Waals surface area contributed by atoms with Crippen LogP contribution < -0.4 is 0 Å². The molecule has 0 amide bonds. The summed E-state index contributed by atoms with van der Waals surface area (Å²) in [5.41, 5.74) is 2.55. The Labute approximate surface area is 189 Å². The average Bonchev–Trinajstić information content (AvgIpc) is 3.50. The van der Waals surface area contributed by atoms with Crippen molar-refractivity contribution in [2.24, 2.45) is 0 Å². The topological polar surface area (TPSA) is 87.7 Å². The fraction of sp³-hybridized carbons (Fsp3) is 0.391. The van der Waals surface area contributed by atoms with E-state index < -0.39 is 10.8 Å². The third kappa shape index (κ3) is 4.10. The highest BCUT2D eigenvalue weighted by Gasteiger charge is 2.20. The third-order valence-electron chi connectivity index (χ3n) is 5.72. The quantitative estimate of drug-likeness (QED) is 0.417. The zero-order valence-electron chi connectivity index (χ0n) is 18.1. The first-order valence-electron chi connectivity index (χ1n) is 11.1. The largest absolute Gasteiger partial charge is 0.358 e. The monoisotopic (exact) mass is 450 g/mol. The second-order valence-electron chi connectivity index (χ2n) is 7.98. The van der Waals surface area contributed by atoms with Gasteiger partial charge in [0.15, 0.2) is 11.5 Å². The lowest BCUT2D eigenvalue weighted by molar-refractivity contribution is -0.0311. The molecule has 5 rings (SSSR count). The molecule has 1 fully saturated rings. The van der Waals surface area contributed by atoms with Crippen LogP contribution in [0.15, 0.2) is 53.9 Å². The van der Waals surface area contributed by atoms with Crippen LogP contribution in [0, 0.1) is 0 Å². The fourth-order valence-corrected chi connectivity index (χ4v) is 5.20. The molecule has 0 spiro atoms. The molecule has 0 N–H and O–H groups in total. The Bertz CT molecular complexity index is 1240. The van der Waals surface area contributed by atoms with Crippen LogP contribution in [-0.2, 0) is 15.5 Å². The molecular weight excluding hydrogens is 424 g/mol. The number of hydrogen-bond acceptors (Lipinski definition) is 6. The minimum Gasteiger partial charge on any atom is -0.358 e. The van der Waals surface area contributed by atoms with Crippen molar-refractivity contribution >= 4 is 21.8 Å². The summed E-state index contributed by atoms with van der Waals surface area (Å²) in [6.07, 6.45) is 10.3. The molecule has 0 saturated carbocycles. The molecule has 0 bridgehead atoms. The smallest absolute Gasteiger partial charge is 0.165 e. The predicted molar refractivity (Wildman–Crippen MR) is 123 cm³/mol. The van der Waals surface area contributed by atoms with E-state index in [0.717, 1.165) is 71.7 Å². The van der Waals surface area contributed by atoms with Gasteiger partial charge in [0.2, 0.25) is 0 Å². The Kier molecular flexibility index (Phi) is 6.09. The predicted octanol–water partition coefficient (Wildman–Crippen LogP) is 4.29. The van der Waals surface area contributed by atoms with E-state index >= 15 is 0 Å². The normalized spacial score (nSPS) is 17.6. The minimum absolute atomic E-state index is 0.0309. The van der Waals surface area contributed by atoms with Crippen LogP contribution in [-0.4, -0.2) is 46.1 Å². The average molecular weight is 451 g/mol. The maximum absolute atomic E-state index is 12.5. The van der Waals surface area contributed by atoms with Gasteiger partial charge < -0.3 is 4.74 Å². The highest BCUT2D eigenvalue weighted by molar-refractivity contribution is 7.85. The van der Waals surface area contributed by atoms with Crippen LogP contribution >= 0.6 is 0 Å². The molecule has 0 radical (unpaired) electrons. The SMILES string of the molecule is CCCCS(=O)c1cnc2c(cnn2-c2cccc(-c3nncn3C3CCCCO3)c2)c1. The van der Waals surface area contributed by atoms with Crippen molar-refractivity contribution in [2.75, 3.05) is 12.4 Å². The number of unbranched alkanes of at least 4 members (excludes halogenated alkanes) is 1. The van der Waals surface area contributed by atoms with Gasteiger partial charge in [0.1, 0.15) is 12.6 Å². The van der Waals surface area contributed by atoms with Crippen LogP contribution in [0.25, 0.3) is 28.1 Å². The molecule has 2 unspecified atom stereocenters. The number of benzene rings is 1. The number of pyridine rings is 1. The van der Waals surface area contributed by atoms with Crippen LogP contribution in [0.1, 0.15) is 45.3 Å². The molecule has 1 aromatic carbocycles. The number of aromatic nitrogens is 6. The maximum Gasteiger partial charge on any atom is 0.165 e. The van der Waals surface area contributed by atoms with E-state index in [4.69, 9.17) is 4.74 Å². The summed E-state index contributed by atoms with van der Waals surface area (Å²) in [7, 11) is -1.03. The van der Waals surface area contributed by atoms with Gasteiger partial charge in [0, 0.05) is 29.5 Å². The molecule has 166 valence electrons. The van der Waals surface area contributed by atoms with Gasteiger partial charge in [0.25, 0.3) is 0 Å². The number of rotatable bonds is 7. The van der Waals surface area contributed by atoms with Crippen molar-refractivity contribution in [1.82, 2.24) is 29.5 Å². The van der Waals surface area contributed by atoms with Crippen molar-refractivity contribution < 1.29 is 8.95 Å². The van der Waals surface area contributed by atoms with E-state index in [1.807, 2.05) is 34.9 Å². The van der Waals surface area contributed by atoms with Crippen molar-refractivity contribution in [2.45, 2.75) is 50.2 Å². The number of nitrogens with zero attached hydrogens (tertiary/aromatic N) is 6. The Morgan fingerprint density at radius 2 is 2.16 bits per heavy atom. The summed E-state index contributed by atoms with van der Waals surface area (Å²) in [5.74, 6) is 1.43. The number of fused-ring (bicyclic) bond motifs is 1. The molecular formula is C23H26N6O2S. The van der Waals surface area contributed by atoms with Crippen LogP contribution in [0.4, 0.5) is 0 Å². The first kappa shape index (κ1) is 21.0. The maximum atomic E-state index is 12.5. The third-order valence-corrected chi connectivity index (χ3v) is 7.13.